The summed E-state index contributed by atoms with van der Waals surface area (Å²) in [6, 6.07) is 3.29. The molecule has 2 N–H and O–H groups in total. The summed E-state index contributed by atoms with van der Waals surface area (Å²) < 4.78 is 5.67. The topological polar surface area (TPSA) is 74.7 Å². The molecule has 1 aromatic heterocycles. The van der Waals surface area contributed by atoms with Gasteiger partial charge in [0, 0.05) is 31.5 Å². The zero-order chi connectivity index (χ0) is 13.7. The number of rotatable bonds is 5. The molecule has 6 nitrogen and oxygen atoms in total. The van der Waals surface area contributed by atoms with Crippen molar-refractivity contribution < 1.29 is 14.6 Å². The third kappa shape index (κ3) is 3.90. The van der Waals surface area contributed by atoms with Crippen LogP contribution in [-0.2, 0) is 4.74 Å². The monoisotopic (exact) mass is 265 g/mol. The molecule has 1 unspecified atom stereocenters. The molecule has 0 radical (unpaired) electrons. The Kier molecular flexibility index (Phi) is 4.70. The van der Waals surface area contributed by atoms with Gasteiger partial charge in [-0.1, -0.05) is 6.92 Å². The molecule has 0 bridgehead atoms. The molecule has 1 aliphatic heterocycles. The molecule has 1 saturated heterocycles. The van der Waals surface area contributed by atoms with Crippen molar-refractivity contribution >= 4 is 11.7 Å². The van der Waals surface area contributed by atoms with E-state index >= 15 is 0 Å². The van der Waals surface area contributed by atoms with Crippen molar-refractivity contribution in [3.05, 3.63) is 24.0 Å². The Hall–Kier alpha value is -1.66. The number of likely N-dealkylation sites (N-methyl/N-ethyl adjacent to an activating group) is 1. The van der Waals surface area contributed by atoms with Crippen LogP contribution in [0.2, 0.25) is 0 Å². The first kappa shape index (κ1) is 13.8. The highest BCUT2D eigenvalue weighted by molar-refractivity contribution is 5.86. The van der Waals surface area contributed by atoms with E-state index in [1.54, 1.807) is 6.07 Å². The second-order valence-corrected chi connectivity index (χ2v) is 4.50. The third-order valence-electron chi connectivity index (χ3n) is 3.18. The van der Waals surface area contributed by atoms with Crippen LogP contribution in [0.5, 0.6) is 0 Å². The van der Waals surface area contributed by atoms with E-state index in [0.29, 0.717) is 6.54 Å². The van der Waals surface area contributed by atoms with Gasteiger partial charge in [-0.25, -0.2) is 9.78 Å². The van der Waals surface area contributed by atoms with Crippen LogP contribution in [0.4, 0.5) is 5.69 Å². The number of hydrogen-bond acceptors (Lipinski definition) is 5. The largest absolute Gasteiger partial charge is 0.477 e. The number of hydrogen-bond donors (Lipinski definition) is 2. The lowest BCUT2D eigenvalue weighted by atomic mass is 10.2. The number of aromatic nitrogens is 1. The van der Waals surface area contributed by atoms with Crippen LogP contribution >= 0.6 is 0 Å². The van der Waals surface area contributed by atoms with Crippen LogP contribution in [0.1, 0.15) is 17.4 Å². The predicted molar refractivity (Wildman–Crippen MR) is 71.5 cm³/mol. The minimum atomic E-state index is -1.02. The molecule has 1 atom stereocenters. The number of carboxylic acids is 1. The first-order valence-electron chi connectivity index (χ1n) is 6.46. The van der Waals surface area contributed by atoms with Crippen molar-refractivity contribution in [2.45, 2.75) is 13.0 Å². The summed E-state index contributed by atoms with van der Waals surface area (Å²) in [6.45, 7) is 6.46. The molecule has 0 aromatic carbocycles. The maximum Gasteiger partial charge on any atom is 0.354 e. The van der Waals surface area contributed by atoms with Gasteiger partial charge >= 0.3 is 5.97 Å². The van der Waals surface area contributed by atoms with Crippen LogP contribution in [0.3, 0.4) is 0 Å². The van der Waals surface area contributed by atoms with Crippen LogP contribution in [0, 0.1) is 0 Å². The second kappa shape index (κ2) is 6.49. The average Bonchev–Trinajstić information content (AvgIpc) is 2.45. The molecule has 1 fully saturated rings. The Labute approximate surface area is 112 Å². The van der Waals surface area contributed by atoms with E-state index in [2.05, 4.69) is 22.1 Å². The van der Waals surface area contributed by atoms with Gasteiger partial charge in [0.1, 0.15) is 5.69 Å². The minimum absolute atomic E-state index is 0.0461. The normalized spacial score (nSPS) is 20.2. The molecule has 0 aliphatic carbocycles. The number of nitrogens with one attached hydrogen (secondary N) is 1. The predicted octanol–water partition coefficient (Wildman–Crippen LogP) is 0.912. The molecule has 1 aromatic rings. The van der Waals surface area contributed by atoms with E-state index in [9.17, 15) is 4.79 Å². The Morgan fingerprint density at radius 2 is 2.53 bits per heavy atom. The van der Waals surface area contributed by atoms with Crippen molar-refractivity contribution in [2.75, 3.05) is 38.1 Å². The lowest BCUT2D eigenvalue weighted by Gasteiger charge is -2.32. The number of nitrogens with zero attached hydrogens (tertiary/aromatic N) is 2. The molecule has 6 heteroatoms. The Balaban J connectivity index is 1.88. The minimum Gasteiger partial charge on any atom is -0.477 e. The van der Waals surface area contributed by atoms with Gasteiger partial charge < -0.3 is 15.2 Å². The quantitative estimate of drug-likeness (QED) is 0.824. The summed E-state index contributed by atoms with van der Waals surface area (Å²) in [7, 11) is 0. The number of ether oxygens (including phenoxy) is 1. The summed E-state index contributed by atoms with van der Waals surface area (Å²) in [5, 5.41) is 12.1. The molecular formula is C13H19N3O3. The van der Waals surface area contributed by atoms with Crippen molar-refractivity contribution in [3.8, 4) is 0 Å². The number of anilines is 1. The molecule has 104 valence electrons. The van der Waals surface area contributed by atoms with Gasteiger partial charge in [0.25, 0.3) is 0 Å². The lowest BCUT2D eigenvalue weighted by molar-refractivity contribution is -0.0191. The smallest absolute Gasteiger partial charge is 0.354 e. The van der Waals surface area contributed by atoms with Crippen LogP contribution in [-0.4, -0.2) is 59.8 Å². The number of morpholine rings is 1. The van der Waals surface area contributed by atoms with Crippen LogP contribution in [0.25, 0.3) is 0 Å². The third-order valence-corrected chi connectivity index (χ3v) is 3.18. The molecule has 2 rings (SSSR count). The van der Waals surface area contributed by atoms with E-state index in [0.717, 1.165) is 31.9 Å². The fraction of sp³-hybridized carbons (Fsp3) is 0.538. The van der Waals surface area contributed by atoms with E-state index in [-0.39, 0.29) is 11.8 Å². The number of aromatic carboxylic acids is 1. The molecule has 19 heavy (non-hydrogen) atoms. The van der Waals surface area contributed by atoms with Crippen molar-refractivity contribution in [2.24, 2.45) is 0 Å². The first-order valence-corrected chi connectivity index (χ1v) is 6.46. The highest BCUT2D eigenvalue weighted by atomic mass is 16.5. The molecule has 0 saturated carbocycles. The molecule has 1 aliphatic rings. The van der Waals surface area contributed by atoms with E-state index in [1.807, 2.05) is 0 Å². The van der Waals surface area contributed by atoms with Crippen molar-refractivity contribution in [1.82, 2.24) is 9.88 Å². The summed E-state index contributed by atoms with van der Waals surface area (Å²) in [6.07, 6.45) is 1.63. The van der Waals surface area contributed by atoms with E-state index in [1.165, 1.54) is 12.3 Å². The van der Waals surface area contributed by atoms with Gasteiger partial charge in [-0.2, -0.15) is 0 Å². The number of pyridine rings is 1. The van der Waals surface area contributed by atoms with Gasteiger partial charge in [0.05, 0.1) is 12.7 Å². The fourth-order valence-electron chi connectivity index (χ4n) is 2.08. The van der Waals surface area contributed by atoms with E-state index in [4.69, 9.17) is 9.84 Å². The molecule has 0 spiro atoms. The standard InChI is InChI=1S/C13H19N3O3/c1-2-16-5-6-19-11(9-16)8-15-10-3-4-14-12(7-10)13(17)18/h3-4,7,11H,2,5-6,8-9H2,1H3,(H,14,15)(H,17,18). The summed E-state index contributed by atoms with van der Waals surface area (Å²) >= 11 is 0. The van der Waals surface area contributed by atoms with Crippen molar-refractivity contribution in [3.63, 3.8) is 0 Å². The van der Waals surface area contributed by atoms with Crippen LogP contribution < -0.4 is 5.32 Å². The van der Waals surface area contributed by atoms with Gasteiger partial charge in [-0.05, 0) is 18.7 Å². The van der Waals surface area contributed by atoms with Crippen molar-refractivity contribution in [1.29, 1.82) is 0 Å². The number of carbonyl (C=O) groups is 1. The average molecular weight is 265 g/mol. The molecular weight excluding hydrogens is 246 g/mol. The van der Waals surface area contributed by atoms with Crippen LogP contribution in [0.15, 0.2) is 18.3 Å². The SMILES string of the molecule is CCN1CCOC(CNc2ccnc(C(=O)O)c2)C1. The number of carboxylic acid groups (broad SMARTS) is 1. The molecule has 2 heterocycles. The van der Waals surface area contributed by atoms with E-state index < -0.39 is 5.97 Å². The summed E-state index contributed by atoms with van der Waals surface area (Å²) in [5.41, 5.74) is 0.800. The maximum absolute atomic E-state index is 10.8. The van der Waals surface area contributed by atoms with Gasteiger partial charge in [0.15, 0.2) is 0 Å². The highest BCUT2D eigenvalue weighted by Crippen LogP contribution is 2.10. The lowest BCUT2D eigenvalue weighted by Crippen LogP contribution is -2.45. The molecule has 0 amide bonds. The zero-order valence-electron chi connectivity index (χ0n) is 11.0. The summed E-state index contributed by atoms with van der Waals surface area (Å²) in [5.74, 6) is -1.02. The first-order chi connectivity index (χ1) is 9.19. The Bertz CT molecular complexity index is 439. The van der Waals surface area contributed by atoms with Gasteiger partial charge in [0.2, 0.25) is 0 Å². The zero-order valence-corrected chi connectivity index (χ0v) is 11.0. The highest BCUT2D eigenvalue weighted by Gasteiger charge is 2.18. The summed E-state index contributed by atoms with van der Waals surface area (Å²) in [4.78, 5) is 16.9. The maximum atomic E-state index is 10.8. The second-order valence-electron chi connectivity index (χ2n) is 4.50. The Morgan fingerprint density at radius 3 is 3.26 bits per heavy atom. The van der Waals surface area contributed by atoms with Gasteiger partial charge in [-0.15, -0.1) is 0 Å². The Morgan fingerprint density at radius 1 is 1.68 bits per heavy atom. The fourth-order valence-corrected chi connectivity index (χ4v) is 2.08. The van der Waals surface area contributed by atoms with Gasteiger partial charge in [-0.3, -0.25) is 4.90 Å².